The van der Waals surface area contributed by atoms with Gasteiger partial charge in [-0.2, -0.15) is 0 Å². The third kappa shape index (κ3) is 3.29. The van der Waals surface area contributed by atoms with Crippen LogP contribution in [0.15, 0.2) is 18.2 Å². The Balaban J connectivity index is 2.37. The fourth-order valence-corrected chi connectivity index (χ4v) is 2.74. The van der Waals surface area contributed by atoms with Crippen molar-refractivity contribution in [1.29, 1.82) is 0 Å². The highest BCUT2D eigenvalue weighted by Gasteiger charge is 2.39. The van der Waals surface area contributed by atoms with E-state index in [1.165, 1.54) is 6.07 Å². The first-order chi connectivity index (χ1) is 9.94. The second-order valence-electron chi connectivity index (χ2n) is 5.35. The van der Waals surface area contributed by atoms with Crippen LogP contribution in [0.5, 0.6) is 0 Å². The Morgan fingerprint density at radius 2 is 1.90 bits per heavy atom. The minimum atomic E-state index is -1.22. The maximum absolute atomic E-state index is 13.2. The summed E-state index contributed by atoms with van der Waals surface area (Å²) < 4.78 is 13.2. The minimum absolute atomic E-state index is 0.0469. The maximum Gasteiger partial charge on any atom is 0.329 e. The van der Waals surface area contributed by atoms with E-state index in [9.17, 15) is 24.4 Å². The Bertz CT molecular complexity index is 554. The number of carboxylic acids is 1. The van der Waals surface area contributed by atoms with Crippen LogP contribution in [0.4, 0.5) is 15.8 Å². The molecule has 0 atom stereocenters. The molecule has 0 unspecified atom stereocenters. The smallest absolute Gasteiger partial charge is 0.329 e. The van der Waals surface area contributed by atoms with Crippen molar-refractivity contribution >= 4 is 17.3 Å². The van der Waals surface area contributed by atoms with Crippen LogP contribution in [0, 0.1) is 15.9 Å². The number of carboxylic acid groups (broad SMARTS) is 1. The zero-order chi connectivity index (χ0) is 15.5. The molecule has 2 N–H and O–H groups in total. The first-order valence-corrected chi connectivity index (χ1v) is 6.90. The Kier molecular flexibility index (Phi) is 4.40. The molecular weight excluding hydrogens is 279 g/mol. The van der Waals surface area contributed by atoms with Gasteiger partial charge in [0.15, 0.2) is 0 Å². The minimum Gasteiger partial charge on any atom is -0.480 e. The van der Waals surface area contributed by atoms with Crippen LogP contribution in [-0.2, 0) is 4.79 Å². The summed E-state index contributed by atoms with van der Waals surface area (Å²) in [5, 5.41) is 23.4. The molecule has 2 rings (SSSR count). The number of aliphatic carboxylic acids is 1. The Morgan fingerprint density at radius 3 is 2.43 bits per heavy atom. The largest absolute Gasteiger partial charge is 0.480 e. The summed E-state index contributed by atoms with van der Waals surface area (Å²) in [5.41, 5.74) is -1.62. The molecule has 1 aliphatic carbocycles. The summed E-state index contributed by atoms with van der Waals surface area (Å²) in [6.45, 7) is 0. The van der Waals surface area contributed by atoms with Crippen LogP contribution < -0.4 is 5.32 Å². The van der Waals surface area contributed by atoms with Crippen LogP contribution in [0.25, 0.3) is 0 Å². The zero-order valence-electron chi connectivity index (χ0n) is 11.5. The standard InChI is InChI=1S/C14H17FN2O4/c15-10-5-6-11(12(9-10)17(20)21)16-14(13(18)19)7-3-1-2-4-8-14/h5-6,9,16H,1-4,7-8H2,(H,18,19). The molecule has 0 aromatic heterocycles. The molecule has 6 nitrogen and oxygen atoms in total. The van der Waals surface area contributed by atoms with Crippen LogP contribution in [0.2, 0.25) is 0 Å². The van der Waals surface area contributed by atoms with Crippen molar-refractivity contribution in [2.45, 2.75) is 44.1 Å². The number of anilines is 1. The number of benzene rings is 1. The van der Waals surface area contributed by atoms with E-state index in [1.807, 2.05) is 0 Å². The highest BCUT2D eigenvalue weighted by Crippen LogP contribution is 2.34. The molecule has 1 fully saturated rings. The van der Waals surface area contributed by atoms with Gasteiger partial charge in [0.25, 0.3) is 5.69 Å². The highest BCUT2D eigenvalue weighted by atomic mass is 19.1. The first kappa shape index (κ1) is 15.2. The van der Waals surface area contributed by atoms with Gasteiger partial charge in [-0.25, -0.2) is 9.18 Å². The van der Waals surface area contributed by atoms with E-state index in [0.29, 0.717) is 12.8 Å². The van der Waals surface area contributed by atoms with E-state index < -0.39 is 27.9 Å². The molecule has 114 valence electrons. The molecule has 0 bridgehead atoms. The molecule has 21 heavy (non-hydrogen) atoms. The number of rotatable bonds is 4. The normalized spacial score (nSPS) is 17.8. The summed E-state index contributed by atoms with van der Waals surface area (Å²) in [6.07, 6.45) is 4.18. The van der Waals surface area contributed by atoms with Gasteiger partial charge >= 0.3 is 5.97 Å². The van der Waals surface area contributed by atoms with Gasteiger partial charge < -0.3 is 10.4 Å². The monoisotopic (exact) mass is 296 g/mol. The highest BCUT2D eigenvalue weighted by molar-refractivity contribution is 5.84. The second kappa shape index (κ2) is 6.07. The van der Waals surface area contributed by atoms with Gasteiger partial charge in [0, 0.05) is 0 Å². The van der Waals surface area contributed by atoms with Gasteiger partial charge in [0.05, 0.1) is 11.0 Å². The first-order valence-electron chi connectivity index (χ1n) is 6.90. The summed E-state index contributed by atoms with van der Waals surface area (Å²) in [5.74, 6) is -1.75. The maximum atomic E-state index is 13.2. The lowest BCUT2D eigenvalue weighted by atomic mass is 9.89. The number of nitro groups is 1. The number of halogens is 1. The lowest BCUT2D eigenvalue weighted by Gasteiger charge is -2.30. The molecule has 1 aromatic rings. The van der Waals surface area contributed by atoms with Gasteiger partial charge in [-0.15, -0.1) is 0 Å². The van der Waals surface area contributed by atoms with Gasteiger partial charge in [-0.3, -0.25) is 10.1 Å². The molecule has 0 saturated heterocycles. The van der Waals surface area contributed by atoms with E-state index in [0.717, 1.165) is 37.8 Å². The molecule has 1 saturated carbocycles. The van der Waals surface area contributed by atoms with Crippen LogP contribution in [0.1, 0.15) is 38.5 Å². The van der Waals surface area contributed by atoms with E-state index >= 15 is 0 Å². The van der Waals surface area contributed by atoms with Crippen molar-refractivity contribution < 1.29 is 19.2 Å². The summed E-state index contributed by atoms with van der Waals surface area (Å²) >= 11 is 0. The summed E-state index contributed by atoms with van der Waals surface area (Å²) in [6, 6.07) is 3.11. The predicted octanol–water partition coefficient (Wildman–Crippen LogP) is 3.32. The number of nitrogens with zero attached hydrogens (tertiary/aromatic N) is 1. The van der Waals surface area contributed by atoms with Gasteiger partial charge in [-0.1, -0.05) is 25.7 Å². The third-order valence-corrected chi connectivity index (χ3v) is 3.90. The number of carbonyl (C=O) groups is 1. The quantitative estimate of drug-likeness (QED) is 0.505. The number of nitro benzene ring substituents is 1. The number of nitrogens with one attached hydrogen (secondary N) is 1. The van der Waals surface area contributed by atoms with E-state index in [4.69, 9.17) is 0 Å². The second-order valence-corrected chi connectivity index (χ2v) is 5.35. The van der Waals surface area contributed by atoms with Gasteiger partial charge in [-0.05, 0) is 25.0 Å². The lowest BCUT2D eigenvalue weighted by molar-refractivity contribution is -0.384. The molecule has 1 aromatic carbocycles. The molecular formula is C14H17FN2O4. The van der Waals surface area contributed by atoms with Crippen molar-refractivity contribution in [2.75, 3.05) is 5.32 Å². The van der Waals surface area contributed by atoms with Gasteiger partial charge in [0.2, 0.25) is 0 Å². The fourth-order valence-electron chi connectivity index (χ4n) is 2.74. The van der Waals surface area contributed by atoms with Crippen LogP contribution >= 0.6 is 0 Å². The average molecular weight is 296 g/mol. The summed E-state index contributed by atoms with van der Waals surface area (Å²) in [7, 11) is 0. The molecule has 0 amide bonds. The van der Waals surface area contributed by atoms with E-state index in [1.54, 1.807) is 0 Å². The van der Waals surface area contributed by atoms with Crippen molar-refractivity contribution in [3.8, 4) is 0 Å². The lowest BCUT2D eigenvalue weighted by Crippen LogP contribution is -2.46. The topological polar surface area (TPSA) is 92.5 Å². The van der Waals surface area contributed by atoms with Crippen molar-refractivity contribution in [3.05, 3.63) is 34.1 Å². The number of hydrogen-bond donors (Lipinski definition) is 2. The van der Waals surface area contributed by atoms with Crippen molar-refractivity contribution in [2.24, 2.45) is 0 Å². The molecule has 0 spiro atoms. The van der Waals surface area contributed by atoms with E-state index in [-0.39, 0.29) is 5.69 Å². The summed E-state index contributed by atoms with van der Waals surface area (Å²) in [4.78, 5) is 22.0. The van der Waals surface area contributed by atoms with Crippen LogP contribution in [0.3, 0.4) is 0 Å². The number of hydrogen-bond acceptors (Lipinski definition) is 4. The van der Waals surface area contributed by atoms with Crippen molar-refractivity contribution in [1.82, 2.24) is 0 Å². The van der Waals surface area contributed by atoms with E-state index in [2.05, 4.69) is 5.32 Å². The molecule has 0 aliphatic heterocycles. The third-order valence-electron chi connectivity index (χ3n) is 3.90. The molecule has 0 heterocycles. The zero-order valence-corrected chi connectivity index (χ0v) is 11.5. The van der Waals surface area contributed by atoms with Gasteiger partial charge in [0.1, 0.15) is 17.0 Å². The van der Waals surface area contributed by atoms with Crippen LogP contribution in [-0.4, -0.2) is 21.5 Å². The Morgan fingerprint density at radius 1 is 1.29 bits per heavy atom. The average Bonchev–Trinajstić information content (AvgIpc) is 2.67. The predicted molar refractivity (Wildman–Crippen MR) is 74.7 cm³/mol. The molecule has 7 heteroatoms. The molecule has 0 radical (unpaired) electrons. The Labute approximate surface area is 121 Å². The fraction of sp³-hybridized carbons (Fsp3) is 0.500. The molecule has 1 aliphatic rings. The Hall–Kier alpha value is -2.18. The SMILES string of the molecule is O=C(O)C1(Nc2ccc(F)cc2[N+](=O)[O-])CCCCCC1. The van der Waals surface area contributed by atoms with Crippen molar-refractivity contribution in [3.63, 3.8) is 0 Å².